The van der Waals surface area contributed by atoms with E-state index in [1.165, 1.54) is 12.3 Å². The molecule has 1 fully saturated rings. The first-order chi connectivity index (χ1) is 11.9. The number of carboxylic acid groups (broad SMARTS) is 1. The van der Waals surface area contributed by atoms with Gasteiger partial charge in [-0.3, -0.25) is 10.6 Å². The molecular weight excluding hydrogens is 329 g/mol. The first-order valence-electron chi connectivity index (χ1n) is 8.02. The number of carboxylic acids is 1. The summed E-state index contributed by atoms with van der Waals surface area (Å²) >= 11 is 0. The fraction of sp³-hybridized carbons (Fsp3) is 0.375. The third-order valence-corrected chi connectivity index (χ3v) is 4.33. The van der Waals surface area contributed by atoms with Gasteiger partial charge in [-0.05, 0) is 19.1 Å². The van der Waals surface area contributed by atoms with Crippen LogP contribution in [0.3, 0.4) is 0 Å². The number of rotatable bonds is 4. The number of pyridine rings is 1. The number of aromatic carboxylic acids is 1. The Kier molecular flexibility index (Phi) is 4.71. The van der Waals surface area contributed by atoms with E-state index in [0.29, 0.717) is 38.2 Å². The van der Waals surface area contributed by atoms with Crippen molar-refractivity contribution in [1.82, 2.24) is 14.6 Å². The molecule has 134 valence electrons. The van der Waals surface area contributed by atoms with Gasteiger partial charge in [-0.25, -0.2) is 19.2 Å². The minimum atomic E-state index is -1.32. The highest BCUT2D eigenvalue weighted by atomic mass is 19.1. The Bertz CT molecular complexity index is 874. The monoisotopic (exact) mass is 349 g/mol. The number of nitrogens with two attached hydrogens (primary N) is 1. The Balaban J connectivity index is 2.05. The Hall–Kier alpha value is -2.49. The van der Waals surface area contributed by atoms with Gasteiger partial charge in [-0.15, -0.1) is 0 Å². The number of hydrazine groups is 2. The predicted molar refractivity (Wildman–Crippen MR) is 91.8 cm³/mol. The molecule has 1 saturated heterocycles. The lowest BCUT2D eigenvalue weighted by atomic mass is 10.1. The van der Waals surface area contributed by atoms with Crippen LogP contribution in [0.25, 0.3) is 10.9 Å². The average Bonchev–Trinajstić information content (AvgIpc) is 2.58. The summed E-state index contributed by atoms with van der Waals surface area (Å²) in [5, 5.41) is 12.8. The molecule has 2 aromatic rings. The summed E-state index contributed by atoms with van der Waals surface area (Å²) in [7, 11) is 0. The number of hydrogen-bond acceptors (Lipinski definition) is 6. The van der Waals surface area contributed by atoms with Crippen LogP contribution in [0.1, 0.15) is 17.3 Å². The Morgan fingerprint density at radius 3 is 2.60 bits per heavy atom. The molecule has 1 aromatic heterocycles. The van der Waals surface area contributed by atoms with E-state index in [9.17, 15) is 14.0 Å². The maximum absolute atomic E-state index is 14.5. The van der Waals surface area contributed by atoms with Crippen molar-refractivity contribution >= 4 is 22.6 Å². The van der Waals surface area contributed by atoms with Crippen LogP contribution in [0, 0.1) is 5.82 Å². The Morgan fingerprint density at radius 2 is 2.00 bits per heavy atom. The molecule has 0 unspecified atom stereocenters. The summed E-state index contributed by atoms with van der Waals surface area (Å²) in [5.74, 6) is 3.78. The average molecular weight is 349 g/mol. The van der Waals surface area contributed by atoms with Crippen LogP contribution in [0.4, 0.5) is 10.1 Å². The van der Waals surface area contributed by atoms with Gasteiger partial charge in [0.25, 0.3) is 0 Å². The number of hydrogen-bond donors (Lipinski definition) is 3. The zero-order chi connectivity index (χ0) is 18.1. The van der Waals surface area contributed by atoms with E-state index in [4.69, 9.17) is 10.9 Å². The number of piperazine rings is 1. The summed E-state index contributed by atoms with van der Waals surface area (Å²) in [6.45, 7) is 4.85. The Labute approximate surface area is 143 Å². The van der Waals surface area contributed by atoms with Crippen molar-refractivity contribution in [2.45, 2.75) is 13.5 Å². The second kappa shape index (κ2) is 6.79. The minimum Gasteiger partial charge on any atom is -0.477 e. The maximum Gasteiger partial charge on any atom is 0.341 e. The van der Waals surface area contributed by atoms with Gasteiger partial charge in [-0.1, -0.05) is 0 Å². The van der Waals surface area contributed by atoms with Crippen molar-refractivity contribution in [2.75, 3.05) is 31.6 Å². The molecule has 4 N–H and O–H groups in total. The molecule has 0 amide bonds. The molecule has 1 aliphatic rings. The molecule has 0 bridgehead atoms. The van der Waals surface area contributed by atoms with Crippen molar-refractivity contribution in [1.29, 1.82) is 0 Å². The van der Waals surface area contributed by atoms with Gasteiger partial charge in [0.15, 0.2) is 0 Å². The van der Waals surface area contributed by atoms with Crippen LogP contribution < -0.4 is 16.7 Å². The molecule has 0 aliphatic carbocycles. The number of aromatic nitrogens is 1. The third-order valence-electron chi connectivity index (χ3n) is 4.33. The Morgan fingerprint density at radius 1 is 1.32 bits per heavy atom. The lowest BCUT2D eigenvalue weighted by Gasteiger charge is -2.32. The molecule has 1 aromatic carbocycles. The van der Waals surface area contributed by atoms with Crippen molar-refractivity contribution in [3.63, 3.8) is 0 Å². The minimum absolute atomic E-state index is 0.0524. The van der Waals surface area contributed by atoms with E-state index in [2.05, 4.69) is 5.43 Å². The largest absolute Gasteiger partial charge is 0.477 e. The van der Waals surface area contributed by atoms with Gasteiger partial charge in [0, 0.05) is 44.3 Å². The highest BCUT2D eigenvalue weighted by molar-refractivity contribution is 5.93. The molecular formula is C16H20FN5O3. The van der Waals surface area contributed by atoms with E-state index in [-0.39, 0.29) is 16.6 Å². The molecule has 1 aliphatic heterocycles. The molecule has 25 heavy (non-hydrogen) atoms. The van der Waals surface area contributed by atoms with Crippen LogP contribution >= 0.6 is 0 Å². The van der Waals surface area contributed by atoms with Crippen molar-refractivity contribution in [3.05, 3.63) is 39.9 Å². The molecule has 0 spiro atoms. The molecule has 3 rings (SSSR count). The summed E-state index contributed by atoms with van der Waals surface area (Å²) < 4.78 is 16.1. The van der Waals surface area contributed by atoms with Crippen LogP contribution in [-0.2, 0) is 6.54 Å². The summed E-state index contributed by atoms with van der Waals surface area (Å²) in [6, 6.07) is 2.63. The number of aryl methyl sites for hydroxylation is 1. The van der Waals surface area contributed by atoms with Crippen molar-refractivity contribution in [3.8, 4) is 0 Å². The topological polar surface area (TPSA) is 104 Å². The third kappa shape index (κ3) is 3.34. The quantitative estimate of drug-likeness (QED) is 0.697. The fourth-order valence-corrected chi connectivity index (χ4v) is 2.91. The predicted octanol–water partition coefficient (Wildman–Crippen LogP) is 0.677. The van der Waals surface area contributed by atoms with Crippen LogP contribution in [0.15, 0.2) is 23.1 Å². The first-order valence-corrected chi connectivity index (χ1v) is 8.02. The normalized spacial score (nSPS) is 16.3. The van der Waals surface area contributed by atoms with E-state index in [1.54, 1.807) is 9.58 Å². The molecule has 8 nitrogen and oxygen atoms in total. The van der Waals surface area contributed by atoms with E-state index < -0.39 is 17.2 Å². The highest BCUT2D eigenvalue weighted by Gasteiger charge is 2.19. The maximum atomic E-state index is 14.5. The lowest BCUT2D eigenvalue weighted by molar-refractivity contribution is 0.0695. The highest BCUT2D eigenvalue weighted by Crippen LogP contribution is 2.23. The summed E-state index contributed by atoms with van der Waals surface area (Å²) in [5.41, 5.74) is 2.69. The number of nitrogens with zero attached hydrogens (tertiary/aromatic N) is 3. The number of anilines is 1. The number of benzene rings is 1. The summed E-state index contributed by atoms with van der Waals surface area (Å²) in [6.07, 6.45) is 1.29. The number of fused-ring (bicyclic) bond motifs is 1. The molecule has 9 heteroatoms. The lowest BCUT2D eigenvalue weighted by Crippen LogP contribution is -2.51. The van der Waals surface area contributed by atoms with Gasteiger partial charge in [-0.2, -0.15) is 0 Å². The molecule has 0 saturated carbocycles. The zero-order valence-corrected chi connectivity index (χ0v) is 13.8. The standard InChI is InChI=1S/C16H20FN5O3/c1-2-20-9-11(16(24)25)15(23)10-7-12(17)13(8-14(10)20)19-22-5-3-21(18)4-6-22/h7-9,19H,2-6,18H2,1H3,(H,24,25). The molecule has 0 radical (unpaired) electrons. The van der Waals surface area contributed by atoms with Gasteiger partial charge in [0.2, 0.25) is 5.43 Å². The van der Waals surface area contributed by atoms with Gasteiger partial charge in [0.1, 0.15) is 11.4 Å². The molecule has 2 heterocycles. The van der Waals surface area contributed by atoms with Crippen LogP contribution in [0.2, 0.25) is 0 Å². The SMILES string of the molecule is CCn1cc(C(=O)O)c(=O)c2cc(F)c(NN3CCN(N)CC3)cc21. The summed E-state index contributed by atoms with van der Waals surface area (Å²) in [4.78, 5) is 23.6. The van der Waals surface area contributed by atoms with E-state index in [0.717, 1.165) is 6.07 Å². The van der Waals surface area contributed by atoms with Crippen LogP contribution in [-0.4, -0.2) is 51.8 Å². The first kappa shape index (κ1) is 17.3. The number of nitrogens with one attached hydrogen (secondary N) is 1. The second-order valence-corrected chi connectivity index (χ2v) is 5.95. The number of carbonyl (C=O) groups is 1. The van der Waals surface area contributed by atoms with Gasteiger partial charge >= 0.3 is 5.97 Å². The van der Waals surface area contributed by atoms with Crippen LogP contribution in [0.5, 0.6) is 0 Å². The van der Waals surface area contributed by atoms with E-state index >= 15 is 0 Å². The second-order valence-electron chi connectivity index (χ2n) is 5.95. The smallest absolute Gasteiger partial charge is 0.341 e. The van der Waals surface area contributed by atoms with Crippen molar-refractivity contribution < 1.29 is 14.3 Å². The van der Waals surface area contributed by atoms with Gasteiger partial charge < -0.3 is 15.1 Å². The van der Waals surface area contributed by atoms with Gasteiger partial charge in [0.05, 0.1) is 11.2 Å². The molecule has 0 atom stereocenters. The van der Waals surface area contributed by atoms with E-state index in [1.807, 2.05) is 11.9 Å². The zero-order valence-electron chi connectivity index (χ0n) is 13.8. The fourth-order valence-electron chi connectivity index (χ4n) is 2.91. The van der Waals surface area contributed by atoms with Crippen molar-refractivity contribution in [2.24, 2.45) is 5.84 Å². The number of halogens is 1.